The number of morpholine rings is 1. The molecule has 0 saturated carbocycles. The molecule has 2 amide bonds. The Morgan fingerprint density at radius 1 is 0.886 bits per heavy atom. The Morgan fingerprint density at radius 2 is 1.52 bits per heavy atom. The third-order valence-electron chi connectivity index (χ3n) is 7.80. The molecule has 0 bridgehead atoms. The van der Waals surface area contributed by atoms with Crippen LogP contribution in [0.25, 0.3) is 10.8 Å². The molecule has 0 aromatic heterocycles. The molecule has 1 fully saturated rings. The minimum Gasteiger partial charge on any atom is -0.378 e. The van der Waals surface area contributed by atoms with E-state index in [1.54, 1.807) is 11.8 Å². The molecule has 0 aliphatic carbocycles. The number of fused-ring (bicyclic) bond motifs is 1. The second-order valence-electron chi connectivity index (χ2n) is 10.7. The van der Waals surface area contributed by atoms with Gasteiger partial charge in [-0.2, -0.15) is 0 Å². The van der Waals surface area contributed by atoms with E-state index in [1.807, 2.05) is 72.8 Å². The summed E-state index contributed by atoms with van der Waals surface area (Å²) in [7, 11) is -3.75. The lowest BCUT2D eigenvalue weighted by molar-refractivity contribution is 0.0543. The maximum atomic E-state index is 13.8. The van der Waals surface area contributed by atoms with Crippen LogP contribution in [0.5, 0.6) is 0 Å². The minimum atomic E-state index is -3.75. The molecule has 1 aliphatic heterocycles. The van der Waals surface area contributed by atoms with Gasteiger partial charge in [0.25, 0.3) is 0 Å². The van der Waals surface area contributed by atoms with Gasteiger partial charge in [-0.25, -0.2) is 4.79 Å². The second-order valence-corrected chi connectivity index (χ2v) is 12.7. The van der Waals surface area contributed by atoms with Gasteiger partial charge in [0.15, 0.2) is 10.8 Å². The SMILES string of the molecule is C[C@@H](C(=O)c1ccc(S(O)(O)C(=N)C(=N)CCc2ccccc2)cc1)N(C(=O)N1CCOCC1)c1ccc2ccccc2c1. The monoisotopic (exact) mass is 612 g/mol. The van der Waals surface area contributed by atoms with Crippen LogP contribution < -0.4 is 4.90 Å². The van der Waals surface area contributed by atoms with Crippen LogP contribution in [0.15, 0.2) is 102 Å². The molecule has 1 aliphatic rings. The van der Waals surface area contributed by atoms with Crippen LogP contribution in [0.1, 0.15) is 29.3 Å². The number of carbonyl (C=O) groups excluding carboxylic acids is 2. The van der Waals surface area contributed by atoms with E-state index in [9.17, 15) is 18.7 Å². The zero-order valence-corrected chi connectivity index (χ0v) is 25.3. The zero-order chi connectivity index (χ0) is 31.3. The quantitative estimate of drug-likeness (QED) is 0.0907. The Hall–Kier alpha value is -4.35. The fraction of sp³-hybridized carbons (Fsp3) is 0.235. The van der Waals surface area contributed by atoms with Gasteiger partial charge in [0.2, 0.25) is 0 Å². The molecule has 5 rings (SSSR count). The number of nitrogens with one attached hydrogen (secondary N) is 2. The number of carbonyl (C=O) groups is 2. The highest BCUT2D eigenvalue weighted by molar-refractivity contribution is 8.38. The molecular formula is C34H36N4O5S. The largest absolute Gasteiger partial charge is 0.378 e. The Labute approximate surface area is 258 Å². The first-order valence-corrected chi connectivity index (χ1v) is 16.0. The zero-order valence-electron chi connectivity index (χ0n) is 24.5. The Balaban J connectivity index is 1.35. The predicted molar refractivity (Wildman–Crippen MR) is 176 cm³/mol. The number of ether oxygens (including phenoxy) is 1. The summed E-state index contributed by atoms with van der Waals surface area (Å²) in [5, 5.41) is 18.1. The van der Waals surface area contributed by atoms with Crippen LogP contribution in [-0.4, -0.2) is 68.9 Å². The van der Waals surface area contributed by atoms with Crippen molar-refractivity contribution >= 4 is 49.6 Å². The molecular weight excluding hydrogens is 576 g/mol. The van der Waals surface area contributed by atoms with Crippen molar-refractivity contribution < 1.29 is 23.4 Å². The van der Waals surface area contributed by atoms with Crippen molar-refractivity contribution in [1.82, 2.24) is 4.90 Å². The number of ketones is 1. The van der Waals surface area contributed by atoms with E-state index in [4.69, 9.17) is 15.6 Å². The van der Waals surface area contributed by atoms with Crippen LogP contribution in [0, 0.1) is 10.8 Å². The third-order valence-corrected chi connectivity index (χ3v) is 9.54. The average Bonchev–Trinajstić information content (AvgIpc) is 3.07. The van der Waals surface area contributed by atoms with Crippen molar-refractivity contribution in [2.75, 3.05) is 31.2 Å². The van der Waals surface area contributed by atoms with Crippen molar-refractivity contribution in [2.45, 2.75) is 30.7 Å². The summed E-state index contributed by atoms with van der Waals surface area (Å²) in [4.78, 5) is 30.9. The fourth-order valence-electron chi connectivity index (χ4n) is 5.22. The summed E-state index contributed by atoms with van der Waals surface area (Å²) < 4.78 is 27.3. The van der Waals surface area contributed by atoms with Crippen LogP contribution in [0.2, 0.25) is 0 Å². The van der Waals surface area contributed by atoms with Gasteiger partial charge in [-0.05, 0) is 72.5 Å². The molecule has 4 aromatic rings. The van der Waals surface area contributed by atoms with Crippen molar-refractivity contribution in [3.8, 4) is 0 Å². The molecule has 44 heavy (non-hydrogen) atoms. The topological polar surface area (TPSA) is 138 Å². The lowest BCUT2D eigenvalue weighted by atomic mass is 10.0. The summed E-state index contributed by atoms with van der Waals surface area (Å²) in [5.74, 6) is -0.325. The summed E-state index contributed by atoms with van der Waals surface area (Å²) in [6.07, 6.45) is 0.689. The van der Waals surface area contributed by atoms with Crippen LogP contribution in [0.3, 0.4) is 0 Å². The number of Topliss-reactive ketones (excluding diaryl/α,β-unsaturated/α-hetero) is 1. The van der Waals surface area contributed by atoms with Gasteiger partial charge in [-0.15, -0.1) is 10.6 Å². The maximum Gasteiger partial charge on any atom is 0.325 e. The van der Waals surface area contributed by atoms with E-state index < -0.39 is 21.7 Å². The van der Waals surface area contributed by atoms with Gasteiger partial charge >= 0.3 is 6.03 Å². The van der Waals surface area contributed by atoms with Gasteiger partial charge in [0, 0.05) is 24.3 Å². The molecule has 4 N–H and O–H groups in total. The highest BCUT2D eigenvalue weighted by Crippen LogP contribution is 2.49. The van der Waals surface area contributed by atoms with Crippen LogP contribution >= 0.6 is 10.6 Å². The number of rotatable bonds is 9. The first-order chi connectivity index (χ1) is 21.2. The lowest BCUT2D eigenvalue weighted by Gasteiger charge is -2.36. The van der Waals surface area contributed by atoms with Gasteiger partial charge in [0.1, 0.15) is 0 Å². The minimum absolute atomic E-state index is 0.0481. The number of amides is 2. The summed E-state index contributed by atoms with van der Waals surface area (Å²) in [6.45, 7) is 3.37. The summed E-state index contributed by atoms with van der Waals surface area (Å²) in [5.41, 5.74) is 1.70. The average molecular weight is 613 g/mol. The summed E-state index contributed by atoms with van der Waals surface area (Å²) >= 11 is 0. The van der Waals surface area contributed by atoms with Crippen LogP contribution in [-0.2, 0) is 11.2 Å². The van der Waals surface area contributed by atoms with E-state index in [0.29, 0.717) is 38.4 Å². The van der Waals surface area contributed by atoms with E-state index in [1.165, 1.54) is 29.2 Å². The normalized spacial score (nSPS) is 14.6. The number of urea groups is 1. The Kier molecular flexibility index (Phi) is 9.55. The van der Waals surface area contributed by atoms with Crippen molar-refractivity contribution in [1.29, 1.82) is 10.8 Å². The number of nitrogens with zero attached hydrogens (tertiary/aromatic N) is 2. The van der Waals surface area contributed by atoms with Gasteiger partial charge in [-0.3, -0.25) is 24.2 Å². The second kappa shape index (κ2) is 13.5. The lowest BCUT2D eigenvalue weighted by Crippen LogP contribution is -2.53. The molecule has 0 spiro atoms. The smallest absolute Gasteiger partial charge is 0.325 e. The molecule has 10 heteroatoms. The molecule has 228 valence electrons. The highest BCUT2D eigenvalue weighted by atomic mass is 32.3. The first-order valence-electron chi connectivity index (χ1n) is 14.4. The Bertz CT molecular complexity index is 1670. The predicted octanol–water partition coefficient (Wildman–Crippen LogP) is 7.11. The molecule has 1 atom stereocenters. The molecule has 9 nitrogen and oxygen atoms in total. The van der Waals surface area contributed by atoms with Crippen molar-refractivity contribution in [3.05, 3.63) is 108 Å². The number of benzene rings is 4. The van der Waals surface area contributed by atoms with E-state index in [2.05, 4.69) is 0 Å². The van der Waals surface area contributed by atoms with Gasteiger partial charge in [-0.1, -0.05) is 60.7 Å². The Morgan fingerprint density at radius 3 is 2.20 bits per heavy atom. The molecule has 1 saturated heterocycles. The van der Waals surface area contributed by atoms with E-state index in [0.717, 1.165) is 16.3 Å². The number of anilines is 1. The van der Waals surface area contributed by atoms with Gasteiger partial charge < -0.3 is 15.0 Å². The number of hydrogen-bond donors (Lipinski definition) is 4. The molecule has 1 heterocycles. The van der Waals surface area contributed by atoms with Crippen molar-refractivity contribution in [3.63, 3.8) is 0 Å². The van der Waals surface area contributed by atoms with Crippen LogP contribution in [0.4, 0.5) is 10.5 Å². The van der Waals surface area contributed by atoms with E-state index in [-0.39, 0.29) is 34.4 Å². The maximum absolute atomic E-state index is 13.8. The fourth-order valence-corrected chi connectivity index (χ4v) is 6.41. The highest BCUT2D eigenvalue weighted by Gasteiger charge is 2.33. The third kappa shape index (κ3) is 6.74. The standard InChI is InChI=1S/C34H36N4O5S/c1-24(38(34(40)37-19-21-43-22-20-37)29-15-12-26-9-5-6-10-28(26)23-29)32(39)27-13-16-30(17-14-27)44(41,42)33(36)31(35)18-11-25-7-3-2-4-8-25/h2-10,12-17,23-24,35-36,41-42H,11,18-22H2,1H3/t24-/m0/s1. The number of hydrogen-bond acceptors (Lipinski definition) is 7. The van der Waals surface area contributed by atoms with Gasteiger partial charge in [0.05, 0.1) is 29.9 Å². The molecule has 0 radical (unpaired) electrons. The number of aryl methyl sites for hydroxylation is 1. The summed E-state index contributed by atoms with van der Waals surface area (Å²) in [6, 6.07) is 27.6. The van der Waals surface area contributed by atoms with Crippen molar-refractivity contribution in [2.24, 2.45) is 0 Å². The first kappa shape index (κ1) is 31.1. The molecule has 4 aromatic carbocycles. The molecule has 0 unspecified atom stereocenters. The van der Waals surface area contributed by atoms with E-state index >= 15 is 0 Å².